The molecule has 2 aromatic rings. The zero-order valence-electron chi connectivity index (χ0n) is 12.8. The third kappa shape index (κ3) is 2.43. The van der Waals surface area contributed by atoms with Gasteiger partial charge in [0, 0.05) is 29.8 Å². The molecule has 0 radical (unpaired) electrons. The van der Waals surface area contributed by atoms with Crippen LogP contribution in [0.3, 0.4) is 0 Å². The molecule has 118 valence electrons. The summed E-state index contributed by atoms with van der Waals surface area (Å²) < 4.78 is 13.6. The summed E-state index contributed by atoms with van der Waals surface area (Å²) >= 11 is 0. The average molecular weight is 311 g/mol. The lowest BCUT2D eigenvalue weighted by Crippen LogP contribution is -2.23. The van der Waals surface area contributed by atoms with E-state index >= 15 is 0 Å². The predicted octanol–water partition coefficient (Wildman–Crippen LogP) is 3.05. The van der Waals surface area contributed by atoms with Gasteiger partial charge in [-0.1, -0.05) is 24.3 Å². The lowest BCUT2D eigenvalue weighted by atomic mass is 9.99. The van der Waals surface area contributed by atoms with Gasteiger partial charge in [-0.15, -0.1) is 0 Å². The number of rotatable bonds is 4. The fourth-order valence-electron chi connectivity index (χ4n) is 3.57. The highest BCUT2D eigenvalue weighted by Crippen LogP contribution is 2.56. The molecule has 0 unspecified atom stereocenters. The van der Waals surface area contributed by atoms with Crippen molar-refractivity contribution in [1.82, 2.24) is 0 Å². The van der Waals surface area contributed by atoms with E-state index in [2.05, 4.69) is 4.90 Å². The van der Waals surface area contributed by atoms with Crippen LogP contribution in [0.4, 0.5) is 10.1 Å². The monoisotopic (exact) mass is 311 g/mol. The van der Waals surface area contributed by atoms with Crippen LogP contribution in [-0.4, -0.2) is 24.0 Å². The van der Waals surface area contributed by atoms with E-state index in [4.69, 9.17) is 5.11 Å². The van der Waals surface area contributed by atoms with Crippen molar-refractivity contribution >= 4 is 11.5 Å². The maximum absolute atomic E-state index is 13.6. The molecule has 1 N–H and O–H groups in total. The van der Waals surface area contributed by atoms with Crippen LogP contribution in [0, 0.1) is 5.82 Å². The van der Waals surface area contributed by atoms with Crippen molar-refractivity contribution < 1.29 is 14.3 Å². The van der Waals surface area contributed by atoms with Gasteiger partial charge < -0.3 is 10.0 Å². The first kappa shape index (κ1) is 14.4. The largest absolute Gasteiger partial charge is 0.388 e. The molecule has 4 heteroatoms. The van der Waals surface area contributed by atoms with Crippen molar-refractivity contribution in [1.29, 1.82) is 0 Å². The number of fused-ring (bicyclic) bond motifs is 2. The summed E-state index contributed by atoms with van der Waals surface area (Å²) in [7, 11) is 0. The Bertz CT molecular complexity index is 765. The van der Waals surface area contributed by atoms with E-state index in [1.807, 2.05) is 18.2 Å². The number of aliphatic hydroxyl groups excluding tert-OH is 1. The van der Waals surface area contributed by atoms with Crippen molar-refractivity contribution in [2.75, 3.05) is 18.1 Å². The first-order valence-corrected chi connectivity index (χ1v) is 7.89. The molecular formula is C19H18FNO2. The third-order valence-electron chi connectivity index (χ3n) is 5.01. The molecular weight excluding hydrogens is 293 g/mol. The summed E-state index contributed by atoms with van der Waals surface area (Å²) in [6, 6.07) is 12.4. The Balaban J connectivity index is 1.58. The number of aliphatic hydroxyl groups is 1. The Morgan fingerprint density at radius 3 is 2.57 bits per heavy atom. The van der Waals surface area contributed by atoms with E-state index in [0.29, 0.717) is 5.56 Å². The molecule has 1 aliphatic carbocycles. The smallest absolute Gasteiger partial charge is 0.188 e. The molecule has 1 saturated carbocycles. The van der Waals surface area contributed by atoms with Crippen LogP contribution in [-0.2, 0) is 12.0 Å². The van der Waals surface area contributed by atoms with Crippen LogP contribution in [0.5, 0.6) is 0 Å². The Morgan fingerprint density at radius 1 is 1.17 bits per heavy atom. The van der Waals surface area contributed by atoms with Crippen molar-refractivity contribution in [3.05, 3.63) is 65.0 Å². The first-order chi connectivity index (χ1) is 11.1. The zero-order valence-corrected chi connectivity index (χ0v) is 12.8. The summed E-state index contributed by atoms with van der Waals surface area (Å²) in [6.45, 7) is 1.21. The van der Waals surface area contributed by atoms with Gasteiger partial charge in [0.05, 0.1) is 0 Å². The molecule has 1 spiro atoms. The molecule has 0 saturated heterocycles. The second kappa shape index (κ2) is 5.17. The summed E-state index contributed by atoms with van der Waals surface area (Å²) in [5.41, 5.74) is 4.06. The second-order valence-corrected chi connectivity index (χ2v) is 6.58. The lowest BCUT2D eigenvalue weighted by molar-refractivity contribution is 0.0903. The van der Waals surface area contributed by atoms with Crippen LogP contribution >= 0.6 is 0 Å². The topological polar surface area (TPSA) is 40.5 Å². The summed E-state index contributed by atoms with van der Waals surface area (Å²) in [5, 5.41) is 8.90. The van der Waals surface area contributed by atoms with E-state index in [1.54, 1.807) is 18.2 Å². The van der Waals surface area contributed by atoms with Crippen molar-refractivity contribution in [2.24, 2.45) is 0 Å². The molecule has 0 atom stereocenters. The number of nitrogens with zero attached hydrogens (tertiary/aromatic N) is 1. The molecule has 23 heavy (non-hydrogen) atoms. The molecule has 4 rings (SSSR count). The van der Waals surface area contributed by atoms with Gasteiger partial charge in [-0.25, -0.2) is 4.39 Å². The summed E-state index contributed by atoms with van der Waals surface area (Å²) in [5.74, 6) is -0.431. The summed E-state index contributed by atoms with van der Waals surface area (Å²) in [6.07, 6.45) is 2.26. The van der Waals surface area contributed by atoms with E-state index in [-0.39, 0.29) is 17.0 Å². The van der Waals surface area contributed by atoms with Crippen molar-refractivity contribution in [3.63, 3.8) is 0 Å². The van der Waals surface area contributed by atoms with E-state index in [0.717, 1.165) is 42.7 Å². The van der Waals surface area contributed by atoms with Crippen LogP contribution in [0.2, 0.25) is 0 Å². The van der Waals surface area contributed by atoms with Gasteiger partial charge in [0.2, 0.25) is 0 Å². The SMILES string of the molecule is O=C(CO)c1ccc(CN2CC3(CC3)c3cc(F)ccc32)cc1. The van der Waals surface area contributed by atoms with Crippen LogP contribution < -0.4 is 4.90 Å². The highest BCUT2D eigenvalue weighted by atomic mass is 19.1. The number of hydrogen-bond acceptors (Lipinski definition) is 3. The standard InChI is InChI=1S/C19H18FNO2/c20-15-5-6-17-16(9-15)19(7-8-19)12-21(17)10-13-1-3-14(4-2-13)18(23)11-22/h1-6,9,22H,7-8,10-12H2. The maximum Gasteiger partial charge on any atom is 0.188 e. The van der Waals surface area contributed by atoms with Crippen molar-refractivity contribution in [3.8, 4) is 0 Å². The molecule has 1 aliphatic heterocycles. The number of anilines is 1. The van der Waals surface area contributed by atoms with Crippen LogP contribution in [0.15, 0.2) is 42.5 Å². The molecule has 0 aromatic heterocycles. The van der Waals surface area contributed by atoms with Gasteiger partial charge in [0.15, 0.2) is 5.78 Å². The zero-order chi connectivity index (χ0) is 16.0. The van der Waals surface area contributed by atoms with Gasteiger partial charge in [-0.05, 0) is 42.2 Å². The fourth-order valence-corrected chi connectivity index (χ4v) is 3.57. The molecule has 1 fully saturated rings. The Morgan fingerprint density at radius 2 is 1.91 bits per heavy atom. The normalized spacial score (nSPS) is 17.4. The molecule has 2 aromatic carbocycles. The number of Topliss-reactive ketones (excluding diaryl/α,β-unsaturated/α-hetero) is 1. The predicted molar refractivity (Wildman–Crippen MR) is 86.2 cm³/mol. The minimum atomic E-state index is -0.465. The fraction of sp³-hybridized carbons (Fsp3) is 0.316. The van der Waals surface area contributed by atoms with Gasteiger partial charge in [0.1, 0.15) is 12.4 Å². The minimum Gasteiger partial charge on any atom is -0.388 e. The number of hydrogen-bond donors (Lipinski definition) is 1. The lowest BCUT2D eigenvalue weighted by Gasteiger charge is -2.20. The number of benzene rings is 2. The van der Waals surface area contributed by atoms with Gasteiger partial charge in [-0.3, -0.25) is 4.79 Å². The van der Waals surface area contributed by atoms with Gasteiger partial charge >= 0.3 is 0 Å². The molecule has 0 amide bonds. The van der Waals surface area contributed by atoms with E-state index in [1.165, 1.54) is 6.07 Å². The molecule has 2 aliphatic rings. The Labute approximate surface area is 134 Å². The summed E-state index contributed by atoms with van der Waals surface area (Å²) in [4.78, 5) is 13.8. The number of carbonyl (C=O) groups is 1. The second-order valence-electron chi connectivity index (χ2n) is 6.58. The minimum absolute atomic E-state index is 0.157. The Hall–Kier alpha value is -2.20. The van der Waals surface area contributed by atoms with Gasteiger partial charge in [0.25, 0.3) is 0 Å². The molecule has 1 heterocycles. The quantitative estimate of drug-likeness (QED) is 0.882. The molecule has 0 bridgehead atoms. The first-order valence-electron chi connectivity index (χ1n) is 7.89. The average Bonchev–Trinajstić information content (AvgIpc) is 3.28. The van der Waals surface area contributed by atoms with E-state index in [9.17, 15) is 9.18 Å². The van der Waals surface area contributed by atoms with Crippen LogP contribution in [0.25, 0.3) is 0 Å². The Kier molecular flexibility index (Phi) is 3.23. The highest BCUT2D eigenvalue weighted by Gasteiger charge is 2.51. The number of carbonyl (C=O) groups excluding carboxylic acids is 1. The third-order valence-corrected chi connectivity index (χ3v) is 5.01. The highest BCUT2D eigenvalue weighted by molar-refractivity contribution is 5.96. The number of halogens is 1. The maximum atomic E-state index is 13.6. The van der Waals surface area contributed by atoms with Crippen LogP contribution in [0.1, 0.15) is 34.3 Å². The number of ketones is 1. The van der Waals surface area contributed by atoms with E-state index < -0.39 is 6.61 Å². The molecule has 3 nitrogen and oxygen atoms in total. The van der Waals surface area contributed by atoms with Gasteiger partial charge in [-0.2, -0.15) is 0 Å². The van der Waals surface area contributed by atoms with Crippen molar-refractivity contribution in [2.45, 2.75) is 24.8 Å².